The number of rotatable bonds is 2. The molecular weight excluding hydrogens is 241 g/mol. The Kier molecular flexibility index (Phi) is 4.00. The fourth-order valence-electron chi connectivity index (χ4n) is 1.38. The van der Waals surface area contributed by atoms with E-state index in [0.29, 0.717) is 10.5 Å². The first-order chi connectivity index (χ1) is 6.91. The van der Waals surface area contributed by atoms with Crippen molar-refractivity contribution in [2.45, 2.75) is 22.9 Å². The molecule has 1 aromatic carbocycles. The highest BCUT2D eigenvalue weighted by Gasteiger charge is 2.34. The fraction of sp³-hybridized carbons (Fsp3) is 0.400. The smallest absolute Gasteiger partial charge is 0.166 e. The topological polar surface area (TPSA) is 0 Å². The second-order valence-electron chi connectivity index (χ2n) is 2.97. The predicted molar refractivity (Wildman–Crippen MR) is 59.7 cm³/mol. The van der Waals surface area contributed by atoms with E-state index in [0.717, 1.165) is 22.7 Å². The Hall–Kier alpha value is -0.290. The maximum Gasteiger partial charge on any atom is 0.417 e. The standard InChI is InChI=1S/C10H11F3S2/c1-6-8(14-2)5-4-7(9(6)15-3)10(11,12)13/h4-5H,1-3H3. The van der Waals surface area contributed by atoms with Crippen LogP contribution in [0.5, 0.6) is 0 Å². The highest BCUT2D eigenvalue weighted by Crippen LogP contribution is 2.40. The van der Waals surface area contributed by atoms with Gasteiger partial charge in [0.05, 0.1) is 5.56 Å². The number of thioether (sulfide) groups is 2. The SMILES string of the molecule is CSc1ccc(C(F)(F)F)c(SC)c1C. The Bertz CT molecular complexity index is 358. The molecule has 0 aliphatic rings. The van der Waals surface area contributed by atoms with Crippen LogP contribution >= 0.6 is 23.5 Å². The number of halogens is 3. The lowest BCUT2D eigenvalue weighted by atomic mass is 10.1. The summed E-state index contributed by atoms with van der Waals surface area (Å²) in [4.78, 5) is 1.22. The van der Waals surface area contributed by atoms with Crippen LogP contribution in [-0.4, -0.2) is 12.5 Å². The molecule has 5 heteroatoms. The van der Waals surface area contributed by atoms with E-state index in [4.69, 9.17) is 0 Å². The molecule has 0 N–H and O–H groups in total. The lowest BCUT2D eigenvalue weighted by molar-refractivity contribution is -0.139. The largest absolute Gasteiger partial charge is 0.417 e. The van der Waals surface area contributed by atoms with Crippen LogP contribution in [0.1, 0.15) is 11.1 Å². The first-order valence-electron chi connectivity index (χ1n) is 4.20. The van der Waals surface area contributed by atoms with Crippen LogP contribution in [0.25, 0.3) is 0 Å². The molecule has 1 rings (SSSR count). The molecule has 0 fully saturated rings. The predicted octanol–water partition coefficient (Wildman–Crippen LogP) is 4.46. The maximum atomic E-state index is 12.6. The Labute approximate surface area is 95.6 Å². The molecule has 0 heterocycles. The maximum absolute atomic E-state index is 12.6. The van der Waals surface area contributed by atoms with Crippen molar-refractivity contribution in [2.75, 3.05) is 12.5 Å². The van der Waals surface area contributed by atoms with Crippen molar-refractivity contribution in [2.24, 2.45) is 0 Å². The van der Waals surface area contributed by atoms with Crippen LogP contribution in [0.15, 0.2) is 21.9 Å². The molecule has 15 heavy (non-hydrogen) atoms. The van der Waals surface area contributed by atoms with Crippen molar-refractivity contribution in [3.63, 3.8) is 0 Å². The van der Waals surface area contributed by atoms with Crippen LogP contribution in [-0.2, 0) is 6.18 Å². The van der Waals surface area contributed by atoms with Gasteiger partial charge in [0.2, 0.25) is 0 Å². The van der Waals surface area contributed by atoms with E-state index in [2.05, 4.69) is 0 Å². The molecule has 0 aromatic heterocycles. The lowest BCUT2D eigenvalue weighted by Crippen LogP contribution is -2.08. The molecule has 0 saturated carbocycles. The molecule has 0 nitrogen and oxygen atoms in total. The zero-order valence-corrected chi connectivity index (χ0v) is 10.2. The van der Waals surface area contributed by atoms with E-state index in [1.807, 2.05) is 6.26 Å². The van der Waals surface area contributed by atoms with E-state index in [9.17, 15) is 13.2 Å². The van der Waals surface area contributed by atoms with Gasteiger partial charge in [0, 0.05) is 9.79 Å². The Morgan fingerprint density at radius 3 is 2.07 bits per heavy atom. The minimum Gasteiger partial charge on any atom is -0.166 e. The van der Waals surface area contributed by atoms with Crippen LogP contribution < -0.4 is 0 Å². The van der Waals surface area contributed by atoms with Gasteiger partial charge in [0.25, 0.3) is 0 Å². The quantitative estimate of drug-likeness (QED) is 0.713. The average molecular weight is 252 g/mol. The Morgan fingerprint density at radius 2 is 1.67 bits per heavy atom. The summed E-state index contributed by atoms with van der Waals surface area (Å²) in [5.74, 6) is 0. The summed E-state index contributed by atoms with van der Waals surface area (Å²) in [5, 5.41) is 0. The van der Waals surface area contributed by atoms with Crippen molar-refractivity contribution in [3.8, 4) is 0 Å². The van der Waals surface area contributed by atoms with Crippen LogP contribution in [0.2, 0.25) is 0 Å². The molecule has 1 aromatic rings. The van der Waals surface area contributed by atoms with Gasteiger partial charge in [-0.15, -0.1) is 23.5 Å². The van der Waals surface area contributed by atoms with Crippen molar-refractivity contribution in [3.05, 3.63) is 23.3 Å². The Morgan fingerprint density at radius 1 is 1.07 bits per heavy atom. The number of alkyl halides is 3. The fourth-order valence-corrected chi connectivity index (χ4v) is 2.88. The highest BCUT2D eigenvalue weighted by molar-refractivity contribution is 7.99. The van der Waals surface area contributed by atoms with Crippen LogP contribution in [0.3, 0.4) is 0 Å². The summed E-state index contributed by atoms with van der Waals surface area (Å²) < 4.78 is 37.9. The zero-order valence-electron chi connectivity index (χ0n) is 8.61. The minimum atomic E-state index is -4.26. The summed E-state index contributed by atoms with van der Waals surface area (Å²) in [5.41, 5.74) is 0.176. The second-order valence-corrected chi connectivity index (χ2v) is 4.64. The number of hydrogen-bond acceptors (Lipinski definition) is 2. The summed E-state index contributed by atoms with van der Waals surface area (Å²) >= 11 is 2.61. The van der Waals surface area contributed by atoms with E-state index in [-0.39, 0.29) is 0 Å². The van der Waals surface area contributed by atoms with Crippen molar-refractivity contribution < 1.29 is 13.2 Å². The van der Waals surface area contributed by atoms with Gasteiger partial charge < -0.3 is 0 Å². The van der Waals surface area contributed by atoms with Gasteiger partial charge in [-0.3, -0.25) is 0 Å². The molecule has 84 valence electrons. The average Bonchev–Trinajstić information content (AvgIpc) is 2.15. The lowest BCUT2D eigenvalue weighted by Gasteiger charge is -2.15. The van der Waals surface area contributed by atoms with E-state index < -0.39 is 11.7 Å². The van der Waals surface area contributed by atoms with Gasteiger partial charge in [0.15, 0.2) is 0 Å². The molecule has 0 aliphatic carbocycles. The summed E-state index contributed by atoms with van der Waals surface area (Å²) in [7, 11) is 0. The molecule has 0 atom stereocenters. The normalized spacial score (nSPS) is 11.9. The Balaban J connectivity index is 3.38. The summed E-state index contributed by atoms with van der Waals surface area (Å²) in [6.45, 7) is 1.73. The zero-order chi connectivity index (χ0) is 11.6. The van der Waals surface area contributed by atoms with E-state index in [1.165, 1.54) is 17.8 Å². The minimum absolute atomic E-state index is 0.328. The summed E-state index contributed by atoms with van der Waals surface area (Å²) in [6.07, 6.45) is -0.735. The summed E-state index contributed by atoms with van der Waals surface area (Å²) in [6, 6.07) is 2.69. The molecule has 0 aliphatic heterocycles. The van der Waals surface area contributed by atoms with Gasteiger partial charge in [-0.05, 0) is 37.1 Å². The molecule has 0 saturated heterocycles. The van der Waals surface area contributed by atoms with Gasteiger partial charge in [0.1, 0.15) is 0 Å². The van der Waals surface area contributed by atoms with Gasteiger partial charge in [-0.25, -0.2) is 0 Å². The molecule has 0 unspecified atom stereocenters. The molecule has 0 radical (unpaired) electrons. The molecule has 0 bridgehead atoms. The first-order valence-corrected chi connectivity index (χ1v) is 6.65. The first kappa shape index (κ1) is 12.8. The molecule has 0 spiro atoms. The van der Waals surface area contributed by atoms with E-state index in [1.54, 1.807) is 13.2 Å². The van der Waals surface area contributed by atoms with Gasteiger partial charge >= 0.3 is 6.18 Å². The third-order valence-electron chi connectivity index (χ3n) is 2.09. The van der Waals surface area contributed by atoms with Crippen LogP contribution in [0, 0.1) is 6.92 Å². The van der Waals surface area contributed by atoms with Crippen molar-refractivity contribution >= 4 is 23.5 Å². The van der Waals surface area contributed by atoms with Crippen molar-refractivity contribution in [1.82, 2.24) is 0 Å². The second kappa shape index (κ2) is 4.70. The van der Waals surface area contributed by atoms with E-state index >= 15 is 0 Å². The third-order valence-corrected chi connectivity index (χ3v) is 3.90. The molecule has 0 amide bonds. The number of benzene rings is 1. The number of hydrogen-bond donors (Lipinski definition) is 0. The third kappa shape index (κ3) is 2.64. The van der Waals surface area contributed by atoms with Gasteiger partial charge in [-0.2, -0.15) is 13.2 Å². The monoisotopic (exact) mass is 252 g/mol. The van der Waals surface area contributed by atoms with Gasteiger partial charge in [-0.1, -0.05) is 0 Å². The highest BCUT2D eigenvalue weighted by atomic mass is 32.2. The van der Waals surface area contributed by atoms with Crippen LogP contribution in [0.4, 0.5) is 13.2 Å². The van der Waals surface area contributed by atoms with Crippen molar-refractivity contribution in [1.29, 1.82) is 0 Å². The molecular formula is C10H11F3S2.